The molecular formula is C19H24F3N3. The van der Waals surface area contributed by atoms with Crippen LogP contribution in [0.25, 0.3) is 0 Å². The monoisotopic (exact) mass is 351 g/mol. The lowest BCUT2D eigenvalue weighted by Crippen LogP contribution is -2.15. The summed E-state index contributed by atoms with van der Waals surface area (Å²) in [6.07, 6.45) is 2.81. The van der Waals surface area contributed by atoms with Gasteiger partial charge in [-0.1, -0.05) is 25.0 Å². The van der Waals surface area contributed by atoms with E-state index in [1.165, 1.54) is 11.6 Å². The summed E-state index contributed by atoms with van der Waals surface area (Å²) in [6.45, 7) is 1.72. The quantitative estimate of drug-likeness (QED) is 0.656. The molecule has 6 heteroatoms. The Morgan fingerprint density at radius 1 is 1.04 bits per heavy atom. The molecule has 3 N–H and O–H groups in total. The molecule has 0 aliphatic rings. The fourth-order valence-corrected chi connectivity index (χ4v) is 2.64. The van der Waals surface area contributed by atoms with Gasteiger partial charge in [-0.15, -0.1) is 0 Å². The van der Waals surface area contributed by atoms with Crippen molar-refractivity contribution in [1.29, 1.82) is 0 Å². The summed E-state index contributed by atoms with van der Waals surface area (Å²) >= 11 is 0. The molecule has 0 aliphatic heterocycles. The van der Waals surface area contributed by atoms with Gasteiger partial charge in [-0.2, -0.15) is 13.2 Å². The highest BCUT2D eigenvalue weighted by atomic mass is 19.4. The van der Waals surface area contributed by atoms with Gasteiger partial charge in [0, 0.05) is 25.0 Å². The first-order chi connectivity index (χ1) is 12.0. The van der Waals surface area contributed by atoms with Gasteiger partial charge >= 0.3 is 6.18 Å². The molecule has 2 rings (SSSR count). The number of nitrogens with one attached hydrogen (secondary N) is 1. The zero-order valence-electron chi connectivity index (χ0n) is 14.1. The molecule has 0 amide bonds. The molecule has 0 saturated carbocycles. The molecule has 0 radical (unpaired) electrons. The molecule has 0 bridgehead atoms. The predicted molar refractivity (Wildman–Crippen MR) is 92.8 cm³/mol. The molecule has 0 fully saturated rings. The van der Waals surface area contributed by atoms with Crippen LogP contribution in [0.4, 0.5) is 13.2 Å². The molecule has 1 heterocycles. The number of pyridine rings is 1. The minimum absolute atomic E-state index is 0.355. The topological polar surface area (TPSA) is 50.9 Å². The summed E-state index contributed by atoms with van der Waals surface area (Å²) in [5.74, 6) is 0. The Balaban J connectivity index is 1.63. The van der Waals surface area contributed by atoms with E-state index in [-0.39, 0.29) is 6.04 Å². The third-order valence-electron chi connectivity index (χ3n) is 4.09. The molecular weight excluding hydrogens is 327 g/mol. The second-order valence-electron chi connectivity index (χ2n) is 6.11. The second kappa shape index (κ2) is 9.53. The van der Waals surface area contributed by atoms with Crippen molar-refractivity contribution in [2.75, 3.05) is 6.54 Å². The van der Waals surface area contributed by atoms with E-state index in [0.717, 1.165) is 44.5 Å². The van der Waals surface area contributed by atoms with Crippen LogP contribution in [0.3, 0.4) is 0 Å². The molecule has 1 aromatic heterocycles. The van der Waals surface area contributed by atoms with Crippen LogP contribution in [0.15, 0.2) is 48.8 Å². The maximum atomic E-state index is 12.7. The van der Waals surface area contributed by atoms with Gasteiger partial charge in [0.05, 0.1) is 5.56 Å². The molecule has 0 unspecified atom stereocenters. The molecule has 0 saturated heterocycles. The van der Waals surface area contributed by atoms with Gasteiger partial charge < -0.3 is 11.1 Å². The van der Waals surface area contributed by atoms with Gasteiger partial charge in [-0.3, -0.25) is 4.98 Å². The Bertz CT molecular complexity index is 629. The van der Waals surface area contributed by atoms with Gasteiger partial charge in [-0.25, -0.2) is 0 Å². The molecule has 1 atom stereocenters. The lowest BCUT2D eigenvalue weighted by molar-refractivity contribution is -0.137. The van der Waals surface area contributed by atoms with Crippen LogP contribution < -0.4 is 11.1 Å². The summed E-state index contributed by atoms with van der Waals surface area (Å²) in [7, 11) is 0. The number of nitrogens with zero attached hydrogens (tertiary/aromatic N) is 1. The summed E-state index contributed by atoms with van der Waals surface area (Å²) < 4.78 is 38.2. The first-order valence-electron chi connectivity index (χ1n) is 8.49. The van der Waals surface area contributed by atoms with Crippen LogP contribution >= 0.6 is 0 Å². The number of rotatable bonds is 9. The molecule has 136 valence electrons. The van der Waals surface area contributed by atoms with Gasteiger partial charge in [0.1, 0.15) is 0 Å². The van der Waals surface area contributed by atoms with Gasteiger partial charge in [0.2, 0.25) is 0 Å². The van der Waals surface area contributed by atoms with E-state index in [4.69, 9.17) is 5.73 Å². The summed E-state index contributed by atoms with van der Waals surface area (Å²) in [5, 5.41) is 3.36. The van der Waals surface area contributed by atoms with E-state index in [2.05, 4.69) is 10.3 Å². The first kappa shape index (κ1) is 19.4. The normalized spacial score (nSPS) is 13.0. The van der Waals surface area contributed by atoms with Crippen molar-refractivity contribution >= 4 is 0 Å². The number of unbranched alkanes of at least 4 members (excludes halogenated alkanes) is 2. The Morgan fingerprint density at radius 3 is 2.52 bits per heavy atom. The van der Waals surface area contributed by atoms with Crippen LogP contribution in [0.2, 0.25) is 0 Å². The highest BCUT2D eigenvalue weighted by Crippen LogP contribution is 2.31. The maximum Gasteiger partial charge on any atom is 0.416 e. The molecule has 0 spiro atoms. The van der Waals surface area contributed by atoms with E-state index in [1.54, 1.807) is 18.5 Å². The fourth-order valence-electron chi connectivity index (χ4n) is 2.64. The second-order valence-corrected chi connectivity index (χ2v) is 6.11. The Morgan fingerprint density at radius 2 is 1.80 bits per heavy atom. The van der Waals surface area contributed by atoms with Crippen LogP contribution in [0.1, 0.15) is 48.4 Å². The predicted octanol–water partition coefficient (Wildman–Crippen LogP) is 4.45. The van der Waals surface area contributed by atoms with Gasteiger partial charge in [0.15, 0.2) is 0 Å². The number of alkyl halides is 3. The minimum atomic E-state index is -4.32. The number of benzene rings is 1. The summed E-state index contributed by atoms with van der Waals surface area (Å²) in [5.41, 5.74) is 7.14. The molecule has 2 aromatic rings. The SMILES string of the molecule is N[C@@H](CCCCCNCc1ccncc1)c1cccc(C(F)(F)F)c1. The number of aromatic nitrogens is 1. The smallest absolute Gasteiger partial charge is 0.324 e. The fraction of sp³-hybridized carbons (Fsp3) is 0.421. The number of hydrogen-bond donors (Lipinski definition) is 2. The highest BCUT2D eigenvalue weighted by molar-refractivity contribution is 5.27. The average Bonchev–Trinajstić information content (AvgIpc) is 2.61. The standard InChI is InChI=1S/C19H24F3N3/c20-19(21,22)17-6-4-5-16(13-17)18(23)7-2-1-3-10-25-14-15-8-11-24-12-9-15/h4-6,8-9,11-13,18,25H,1-3,7,10,14,23H2/t18-/m0/s1. The average molecular weight is 351 g/mol. The van der Waals surface area contributed by atoms with Crippen molar-refractivity contribution in [3.63, 3.8) is 0 Å². The lowest BCUT2D eigenvalue weighted by atomic mass is 9.99. The van der Waals surface area contributed by atoms with Crippen LogP contribution in [0, 0.1) is 0 Å². The van der Waals surface area contributed by atoms with E-state index in [9.17, 15) is 13.2 Å². The third kappa shape index (κ3) is 6.84. The largest absolute Gasteiger partial charge is 0.416 e. The van der Waals surface area contributed by atoms with Crippen molar-refractivity contribution in [2.24, 2.45) is 5.73 Å². The van der Waals surface area contributed by atoms with Gasteiger partial charge in [-0.05, 0) is 54.8 Å². The van der Waals surface area contributed by atoms with Crippen molar-refractivity contribution in [1.82, 2.24) is 10.3 Å². The van der Waals surface area contributed by atoms with Crippen molar-refractivity contribution < 1.29 is 13.2 Å². The Labute approximate surface area is 146 Å². The van der Waals surface area contributed by atoms with E-state index < -0.39 is 11.7 Å². The van der Waals surface area contributed by atoms with E-state index >= 15 is 0 Å². The van der Waals surface area contributed by atoms with Crippen molar-refractivity contribution in [2.45, 2.75) is 44.4 Å². The number of hydrogen-bond acceptors (Lipinski definition) is 3. The molecule has 25 heavy (non-hydrogen) atoms. The minimum Gasteiger partial charge on any atom is -0.324 e. The zero-order chi connectivity index (χ0) is 18.1. The number of halogens is 3. The maximum absolute atomic E-state index is 12.7. The number of nitrogens with two attached hydrogens (primary N) is 1. The summed E-state index contributed by atoms with van der Waals surface area (Å²) in [4.78, 5) is 3.97. The third-order valence-corrected chi connectivity index (χ3v) is 4.09. The molecule has 3 nitrogen and oxygen atoms in total. The zero-order valence-corrected chi connectivity index (χ0v) is 14.1. The van der Waals surface area contributed by atoms with Crippen LogP contribution in [-0.4, -0.2) is 11.5 Å². The van der Waals surface area contributed by atoms with Gasteiger partial charge in [0.25, 0.3) is 0 Å². The first-order valence-corrected chi connectivity index (χ1v) is 8.49. The highest BCUT2D eigenvalue weighted by Gasteiger charge is 2.30. The van der Waals surface area contributed by atoms with Crippen molar-refractivity contribution in [3.8, 4) is 0 Å². The Hall–Kier alpha value is -1.92. The Kier molecular flexibility index (Phi) is 7.40. The van der Waals surface area contributed by atoms with Crippen LogP contribution in [0.5, 0.6) is 0 Å². The van der Waals surface area contributed by atoms with Crippen molar-refractivity contribution in [3.05, 3.63) is 65.5 Å². The van der Waals surface area contributed by atoms with E-state index in [0.29, 0.717) is 12.0 Å². The lowest BCUT2D eigenvalue weighted by Gasteiger charge is -2.14. The molecule has 1 aromatic carbocycles. The van der Waals surface area contributed by atoms with Crippen LogP contribution in [-0.2, 0) is 12.7 Å². The van der Waals surface area contributed by atoms with E-state index in [1.807, 2.05) is 12.1 Å². The summed E-state index contributed by atoms with van der Waals surface area (Å²) in [6, 6.07) is 8.90. The molecule has 0 aliphatic carbocycles.